The predicted molar refractivity (Wildman–Crippen MR) is 65.9 cm³/mol. The van der Waals surface area contributed by atoms with E-state index in [2.05, 4.69) is 11.8 Å². The monoisotopic (exact) mass is 245 g/mol. The number of amides is 1. The third kappa shape index (κ3) is 1.88. The van der Waals surface area contributed by atoms with Gasteiger partial charge in [0.1, 0.15) is 5.82 Å². The van der Waals surface area contributed by atoms with Crippen LogP contribution in [0, 0.1) is 24.6 Å². The smallest absolute Gasteiger partial charge is 0.299 e. The highest BCUT2D eigenvalue weighted by Gasteiger charge is 2.36. The van der Waals surface area contributed by atoms with Gasteiger partial charge in [0, 0.05) is 13.0 Å². The van der Waals surface area contributed by atoms with Gasteiger partial charge in [-0.2, -0.15) is 0 Å². The van der Waals surface area contributed by atoms with E-state index < -0.39 is 17.5 Å². The van der Waals surface area contributed by atoms with Gasteiger partial charge in [0.25, 0.3) is 11.7 Å². The van der Waals surface area contributed by atoms with Crippen LogP contribution in [0.3, 0.4) is 0 Å². The van der Waals surface area contributed by atoms with Crippen LogP contribution in [0.1, 0.15) is 29.3 Å². The molecular formula is C14H12FNO2. The molecule has 0 bridgehead atoms. The van der Waals surface area contributed by atoms with Gasteiger partial charge in [-0.05, 0) is 31.5 Å². The summed E-state index contributed by atoms with van der Waals surface area (Å²) in [6.45, 7) is 3.75. The minimum atomic E-state index is -0.642. The van der Waals surface area contributed by atoms with Gasteiger partial charge < -0.3 is 4.90 Å². The molecule has 3 nitrogen and oxygen atoms in total. The first kappa shape index (κ1) is 12.3. The van der Waals surface area contributed by atoms with Crippen LogP contribution >= 0.6 is 0 Å². The van der Waals surface area contributed by atoms with Crippen LogP contribution in [-0.4, -0.2) is 18.2 Å². The molecule has 92 valence electrons. The van der Waals surface area contributed by atoms with Gasteiger partial charge in [-0.3, -0.25) is 9.59 Å². The van der Waals surface area contributed by atoms with Gasteiger partial charge in [0.2, 0.25) is 0 Å². The third-order valence-electron chi connectivity index (χ3n) is 2.86. The number of benzene rings is 1. The van der Waals surface area contributed by atoms with Gasteiger partial charge in [-0.1, -0.05) is 0 Å². The van der Waals surface area contributed by atoms with E-state index in [1.807, 2.05) is 0 Å². The molecule has 1 aliphatic heterocycles. The second kappa shape index (κ2) is 4.61. The maximum Gasteiger partial charge on any atom is 0.299 e. The van der Waals surface area contributed by atoms with Crippen LogP contribution in [-0.2, 0) is 4.79 Å². The van der Waals surface area contributed by atoms with Crippen LogP contribution < -0.4 is 4.90 Å². The molecule has 0 saturated heterocycles. The molecular weight excluding hydrogens is 233 g/mol. The molecule has 1 heterocycles. The molecule has 0 N–H and O–H groups in total. The molecule has 1 aliphatic rings. The molecule has 0 spiro atoms. The van der Waals surface area contributed by atoms with Crippen LogP contribution in [0.2, 0.25) is 0 Å². The Labute approximate surface area is 105 Å². The fraction of sp³-hybridized carbons (Fsp3) is 0.286. The van der Waals surface area contributed by atoms with Gasteiger partial charge in [0.05, 0.1) is 11.3 Å². The van der Waals surface area contributed by atoms with E-state index in [4.69, 9.17) is 0 Å². The Morgan fingerprint density at radius 2 is 2.06 bits per heavy atom. The number of anilines is 1. The lowest BCUT2D eigenvalue weighted by Gasteiger charge is -2.16. The number of fused-ring (bicyclic) bond motifs is 1. The van der Waals surface area contributed by atoms with Crippen molar-refractivity contribution in [3.8, 4) is 11.8 Å². The normalized spacial score (nSPS) is 13.4. The van der Waals surface area contributed by atoms with E-state index in [1.54, 1.807) is 13.8 Å². The molecule has 0 saturated carbocycles. The quantitative estimate of drug-likeness (QED) is 0.591. The van der Waals surface area contributed by atoms with Crippen molar-refractivity contribution in [2.75, 3.05) is 11.4 Å². The fourth-order valence-corrected chi connectivity index (χ4v) is 2.11. The Hall–Kier alpha value is -2.15. The van der Waals surface area contributed by atoms with Crippen LogP contribution in [0.25, 0.3) is 0 Å². The lowest BCUT2D eigenvalue weighted by molar-refractivity contribution is -0.114. The summed E-state index contributed by atoms with van der Waals surface area (Å²) in [6.07, 6.45) is 0.492. The molecule has 1 amide bonds. The summed E-state index contributed by atoms with van der Waals surface area (Å²) in [6, 6.07) is 2.44. The molecule has 18 heavy (non-hydrogen) atoms. The average molecular weight is 245 g/mol. The number of hydrogen-bond donors (Lipinski definition) is 0. The minimum Gasteiger partial charge on any atom is -0.304 e. The van der Waals surface area contributed by atoms with Crippen molar-refractivity contribution in [2.24, 2.45) is 0 Å². The molecule has 1 aromatic rings. The van der Waals surface area contributed by atoms with Crippen molar-refractivity contribution in [3.05, 3.63) is 29.1 Å². The number of rotatable bonds is 2. The highest BCUT2D eigenvalue weighted by atomic mass is 19.1. The van der Waals surface area contributed by atoms with E-state index in [-0.39, 0.29) is 5.56 Å². The number of ketones is 1. The van der Waals surface area contributed by atoms with Crippen molar-refractivity contribution in [1.29, 1.82) is 0 Å². The molecule has 0 aromatic heterocycles. The molecule has 0 radical (unpaired) electrons. The van der Waals surface area contributed by atoms with Crippen molar-refractivity contribution in [2.45, 2.75) is 20.3 Å². The highest BCUT2D eigenvalue weighted by molar-refractivity contribution is 6.52. The Balaban J connectivity index is 2.43. The zero-order chi connectivity index (χ0) is 13.3. The summed E-state index contributed by atoms with van der Waals surface area (Å²) >= 11 is 0. The average Bonchev–Trinajstić information content (AvgIpc) is 2.55. The Morgan fingerprint density at radius 1 is 1.33 bits per heavy atom. The van der Waals surface area contributed by atoms with E-state index in [1.165, 1.54) is 11.0 Å². The summed E-state index contributed by atoms with van der Waals surface area (Å²) in [5, 5.41) is 0. The second-order valence-electron chi connectivity index (χ2n) is 4.08. The summed E-state index contributed by atoms with van der Waals surface area (Å²) < 4.78 is 13.3. The van der Waals surface area contributed by atoms with Crippen molar-refractivity contribution >= 4 is 17.4 Å². The first-order valence-corrected chi connectivity index (χ1v) is 5.62. The number of nitrogens with zero attached hydrogens (tertiary/aromatic N) is 1. The third-order valence-corrected chi connectivity index (χ3v) is 2.86. The van der Waals surface area contributed by atoms with Gasteiger partial charge in [-0.15, -0.1) is 11.8 Å². The molecule has 0 fully saturated rings. The second-order valence-corrected chi connectivity index (χ2v) is 4.08. The number of carbonyl (C=O) groups is 2. The predicted octanol–water partition coefficient (Wildman–Crippen LogP) is 2.08. The van der Waals surface area contributed by atoms with E-state index >= 15 is 0 Å². The SMILES string of the molecule is CC#CCCN1C(=O)C(=O)c2cc(F)cc(C)c21. The van der Waals surface area contributed by atoms with Gasteiger partial charge in [-0.25, -0.2) is 4.39 Å². The minimum absolute atomic E-state index is 0.155. The van der Waals surface area contributed by atoms with Crippen LogP contribution in [0.5, 0.6) is 0 Å². The maximum atomic E-state index is 13.3. The van der Waals surface area contributed by atoms with E-state index in [0.717, 1.165) is 6.07 Å². The Bertz CT molecular complexity index is 596. The molecule has 2 rings (SSSR count). The summed E-state index contributed by atoms with van der Waals surface area (Å²) in [4.78, 5) is 25.0. The zero-order valence-corrected chi connectivity index (χ0v) is 10.2. The summed E-state index contributed by atoms with van der Waals surface area (Å²) in [5.74, 6) is 3.84. The number of Topliss-reactive ketones (excluding diaryl/α,β-unsaturated/α-hetero) is 1. The van der Waals surface area contributed by atoms with Crippen molar-refractivity contribution < 1.29 is 14.0 Å². The lowest BCUT2D eigenvalue weighted by Crippen LogP contribution is -2.30. The Kier molecular flexibility index (Phi) is 3.15. The number of aryl methyl sites for hydroxylation is 1. The maximum absolute atomic E-state index is 13.3. The molecule has 0 aliphatic carbocycles. The van der Waals surface area contributed by atoms with Crippen molar-refractivity contribution in [1.82, 2.24) is 0 Å². The van der Waals surface area contributed by atoms with E-state index in [0.29, 0.717) is 24.2 Å². The molecule has 0 unspecified atom stereocenters. The molecule has 4 heteroatoms. The number of hydrogen-bond acceptors (Lipinski definition) is 2. The topological polar surface area (TPSA) is 37.4 Å². The van der Waals surface area contributed by atoms with Gasteiger partial charge in [0.15, 0.2) is 0 Å². The lowest BCUT2D eigenvalue weighted by atomic mass is 10.1. The van der Waals surface area contributed by atoms with Gasteiger partial charge >= 0.3 is 0 Å². The largest absolute Gasteiger partial charge is 0.304 e. The number of carbonyl (C=O) groups excluding carboxylic acids is 2. The first-order valence-electron chi connectivity index (χ1n) is 5.62. The standard InChI is InChI=1S/C14H12FNO2/c1-3-4-5-6-16-12-9(2)7-10(15)8-11(12)13(17)14(16)18/h7-8H,5-6H2,1-2H3. The fourth-order valence-electron chi connectivity index (χ4n) is 2.11. The first-order chi connectivity index (χ1) is 8.56. The Morgan fingerprint density at radius 3 is 2.72 bits per heavy atom. The van der Waals surface area contributed by atoms with Crippen molar-refractivity contribution in [3.63, 3.8) is 0 Å². The zero-order valence-electron chi connectivity index (χ0n) is 10.2. The highest BCUT2D eigenvalue weighted by Crippen LogP contribution is 2.33. The number of halogens is 1. The van der Waals surface area contributed by atoms with E-state index in [9.17, 15) is 14.0 Å². The summed E-state index contributed by atoms with van der Waals surface area (Å²) in [7, 11) is 0. The molecule has 0 atom stereocenters. The molecule has 1 aromatic carbocycles. The summed E-state index contributed by atoms with van der Waals surface area (Å²) in [5.41, 5.74) is 1.26. The van der Waals surface area contributed by atoms with Crippen LogP contribution in [0.15, 0.2) is 12.1 Å². The van der Waals surface area contributed by atoms with Crippen LogP contribution in [0.4, 0.5) is 10.1 Å².